The molecule has 1 atom stereocenters. The highest BCUT2D eigenvalue weighted by Gasteiger charge is 2.37. The number of benzene rings is 2. The minimum Gasteiger partial charge on any atom is -0.287 e. The van der Waals surface area contributed by atoms with E-state index >= 15 is 0 Å². The molecule has 2 aromatic carbocycles. The Kier molecular flexibility index (Phi) is 4.30. The van der Waals surface area contributed by atoms with Crippen LogP contribution in [0.5, 0.6) is 0 Å². The maximum absolute atomic E-state index is 14.3. The maximum atomic E-state index is 14.3. The van der Waals surface area contributed by atoms with Crippen LogP contribution in [-0.4, -0.2) is 10.4 Å². The molecule has 0 saturated carbocycles. The zero-order valence-corrected chi connectivity index (χ0v) is 13.3. The van der Waals surface area contributed by atoms with Gasteiger partial charge >= 0.3 is 0 Å². The Morgan fingerprint density at radius 3 is 2.73 bits per heavy atom. The number of hydrogen-bond donors (Lipinski definition) is 0. The van der Waals surface area contributed by atoms with Crippen LogP contribution >= 0.6 is 0 Å². The van der Waals surface area contributed by atoms with Crippen molar-refractivity contribution in [2.24, 2.45) is 0 Å². The van der Waals surface area contributed by atoms with Crippen LogP contribution in [0, 0.1) is 11.9 Å². The molecule has 1 aliphatic heterocycles. The van der Waals surface area contributed by atoms with E-state index < -0.39 is 0 Å². The lowest BCUT2D eigenvalue weighted by molar-refractivity contribution is 0.0130. The van der Waals surface area contributed by atoms with Crippen LogP contribution in [0.3, 0.4) is 0 Å². The quantitative estimate of drug-likeness (QED) is 0.758. The van der Waals surface area contributed by atoms with E-state index in [-0.39, 0.29) is 17.4 Å². The topological polar surface area (TPSA) is 3.24 Å². The first-order valence-corrected chi connectivity index (χ1v) is 8.04. The predicted octanol–water partition coefficient (Wildman–Crippen LogP) is 5.13. The van der Waals surface area contributed by atoms with Crippen LogP contribution in [-0.2, 0) is 6.54 Å². The normalized spacial score (nSPS) is 21.7. The van der Waals surface area contributed by atoms with E-state index in [9.17, 15) is 4.39 Å². The largest absolute Gasteiger partial charge is 0.287 e. The third-order valence-electron chi connectivity index (χ3n) is 4.82. The van der Waals surface area contributed by atoms with Crippen LogP contribution in [0.4, 0.5) is 4.39 Å². The Labute approximate surface area is 132 Å². The third kappa shape index (κ3) is 3.07. The number of rotatable bonds is 3. The molecule has 1 saturated heterocycles. The second kappa shape index (κ2) is 6.21. The summed E-state index contributed by atoms with van der Waals surface area (Å²) < 4.78 is 14.3. The monoisotopic (exact) mass is 296 g/mol. The van der Waals surface area contributed by atoms with Crippen molar-refractivity contribution in [2.45, 2.75) is 51.2 Å². The molecule has 0 N–H and O–H groups in total. The van der Waals surface area contributed by atoms with Crippen LogP contribution in [0.25, 0.3) is 0 Å². The molecule has 0 aromatic heterocycles. The molecule has 1 radical (unpaired) electrons. The molecule has 3 rings (SSSR count). The summed E-state index contributed by atoms with van der Waals surface area (Å²) in [7, 11) is 0. The van der Waals surface area contributed by atoms with Crippen molar-refractivity contribution < 1.29 is 4.39 Å². The Hall–Kier alpha value is -1.67. The van der Waals surface area contributed by atoms with Gasteiger partial charge in [-0.3, -0.25) is 4.90 Å². The fraction of sp³-hybridized carbons (Fsp3) is 0.400. The molecule has 1 unspecified atom stereocenters. The van der Waals surface area contributed by atoms with Crippen molar-refractivity contribution in [2.75, 3.05) is 0 Å². The van der Waals surface area contributed by atoms with Crippen molar-refractivity contribution in [1.29, 1.82) is 0 Å². The first-order valence-electron chi connectivity index (χ1n) is 8.04. The molecule has 1 fully saturated rings. The molecular formula is C20H23FN. The molecule has 1 heterocycles. The van der Waals surface area contributed by atoms with Gasteiger partial charge in [0.1, 0.15) is 5.82 Å². The second-order valence-electron chi connectivity index (χ2n) is 6.78. The summed E-state index contributed by atoms with van der Waals surface area (Å²) >= 11 is 0. The molecular weight excluding hydrogens is 273 g/mol. The van der Waals surface area contributed by atoms with Gasteiger partial charge in [-0.2, -0.15) is 0 Å². The Balaban J connectivity index is 1.94. The highest BCUT2D eigenvalue weighted by molar-refractivity contribution is 5.23. The second-order valence-corrected chi connectivity index (χ2v) is 6.78. The molecule has 115 valence electrons. The molecule has 0 spiro atoms. The number of piperidine rings is 1. The highest BCUT2D eigenvalue weighted by atomic mass is 19.1. The summed E-state index contributed by atoms with van der Waals surface area (Å²) in [5.41, 5.74) is 2.16. The molecule has 0 bridgehead atoms. The van der Waals surface area contributed by atoms with Crippen LogP contribution in [0.2, 0.25) is 0 Å². The van der Waals surface area contributed by atoms with Gasteiger partial charge < -0.3 is 0 Å². The minimum absolute atomic E-state index is 0.0742. The lowest BCUT2D eigenvalue weighted by atomic mass is 9.83. The van der Waals surface area contributed by atoms with Crippen LogP contribution in [0.1, 0.15) is 50.3 Å². The molecule has 0 amide bonds. The number of halogens is 1. The Morgan fingerprint density at radius 1 is 1.23 bits per heavy atom. The van der Waals surface area contributed by atoms with E-state index in [1.54, 1.807) is 0 Å². The fourth-order valence-electron chi connectivity index (χ4n) is 3.57. The smallest absolute Gasteiger partial charge is 0.128 e. The van der Waals surface area contributed by atoms with Gasteiger partial charge in [-0.25, -0.2) is 4.39 Å². The van der Waals surface area contributed by atoms with E-state index in [4.69, 9.17) is 0 Å². The molecule has 22 heavy (non-hydrogen) atoms. The fourth-order valence-corrected chi connectivity index (χ4v) is 3.57. The van der Waals surface area contributed by atoms with Crippen molar-refractivity contribution in [3.63, 3.8) is 0 Å². The highest BCUT2D eigenvalue weighted by Crippen LogP contribution is 2.41. The maximum Gasteiger partial charge on any atom is 0.128 e. The molecule has 2 aromatic rings. The van der Waals surface area contributed by atoms with Gasteiger partial charge in [-0.05, 0) is 50.8 Å². The van der Waals surface area contributed by atoms with Crippen molar-refractivity contribution in [3.8, 4) is 0 Å². The summed E-state index contributed by atoms with van der Waals surface area (Å²) in [6.07, 6.45) is 3.30. The summed E-state index contributed by atoms with van der Waals surface area (Å²) in [5.74, 6) is -0.136. The first kappa shape index (κ1) is 15.2. The SMILES string of the molecule is CC1(C)CCCC(c2cc[c]cc2F)N1Cc1ccccc1. The van der Waals surface area contributed by atoms with Gasteiger partial charge in [0.25, 0.3) is 0 Å². The van der Waals surface area contributed by atoms with Crippen LogP contribution < -0.4 is 0 Å². The number of nitrogens with zero attached hydrogens (tertiary/aromatic N) is 1. The van der Waals surface area contributed by atoms with E-state index in [2.05, 4.69) is 49.1 Å². The van der Waals surface area contributed by atoms with E-state index in [0.29, 0.717) is 0 Å². The predicted molar refractivity (Wildman–Crippen MR) is 87.9 cm³/mol. The summed E-state index contributed by atoms with van der Waals surface area (Å²) in [6.45, 7) is 5.40. The molecule has 1 nitrogen and oxygen atoms in total. The lowest BCUT2D eigenvalue weighted by Gasteiger charge is -2.48. The van der Waals surface area contributed by atoms with Gasteiger partial charge in [0, 0.05) is 23.7 Å². The van der Waals surface area contributed by atoms with Gasteiger partial charge in [-0.1, -0.05) is 42.5 Å². The van der Waals surface area contributed by atoms with Gasteiger partial charge in [0.05, 0.1) is 0 Å². The van der Waals surface area contributed by atoms with Crippen LogP contribution in [0.15, 0.2) is 48.5 Å². The molecule has 2 heteroatoms. The number of hydrogen-bond acceptors (Lipinski definition) is 1. The van der Waals surface area contributed by atoms with E-state index in [0.717, 1.165) is 31.4 Å². The standard InChI is InChI=1S/C20H23FN/c1-20(2)14-8-13-19(17-11-6-7-12-18(17)21)22(20)15-16-9-4-3-5-10-16/h3-6,9-12,19H,8,13-15H2,1-2H3. The first-order chi connectivity index (χ1) is 10.6. The number of likely N-dealkylation sites (tertiary alicyclic amines) is 1. The zero-order chi connectivity index (χ0) is 15.6. The Morgan fingerprint density at radius 2 is 2.00 bits per heavy atom. The zero-order valence-electron chi connectivity index (χ0n) is 13.3. The average Bonchev–Trinajstić information content (AvgIpc) is 2.51. The summed E-state index contributed by atoms with van der Waals surface area (Å²) in [5, 5.41) is 0. The summed E-state index contributed by atoms with van der Waals surface area (Å²) in [6, 6.07) is 18.6. The average molecular weight is 296 g/mol. The molecule has 1 aliphatic rings. The third-order valence-corrected chi connectivity index (χ3v) is 4.82. The Bertz CT molecular complexity index is 621. The van der Waals surface area contributed by atoms with Gasteiger partial charge in [0.2, 0.25) is 0 Å². The van der Waals surface area contributed by atoms with E-state index in [1.807, 2.05) is 18.2 Å². The lowest BCUT2D eigenvalue weighted by Crippen LogP contribution is -2.48. The van der Waals surface area contributed by atoms with Crippen molar-refractivity contribution in [3.05, 3.63) is 71.5 Å². The summed E-state index contributed by atoms with van der Waals surface area (Å²) in [4.78, 5) is 2.46. The van der Waals surface area contributed by atoms with Gasteiger partial charge in [-0.15, -0.1) is 0 Å². The van der Waals surface area contributed by atoms with E-state index in [1.165, 1.54) is 11.6 Å². The van der Waals surface area contributed by atoms with Crippen molar-refractivity contribution >= 4 is 0 Å². The molecule has 0 aliphatic carbocycles. The van der Waals surface area contributed by atoms with Gasteiger partial charge in [0.15, 0.2) is 0 Å². The minimum atomic E-state index is -0.136. The van der Waals surface area contributed by atoms with Crippen molar-refractivity contribution in [1.82, 2.24) is 4.90 Å².